The molecule has 0 aromatic carbocycles. The van der Waals surface area contributed by atoms with Crippen molar-refractivity contribution in [3.05, 3.63) is 0 Å². The Morgan fingerprint density at radius 2 is 1.28 bits per heavy atom. The lowest BCUT2D eigenvalue weighted by atomic mass is 10.2. The quantitative estimate of drug-likeness (QED) is 0.158. The first-order valence-corrected chi connectivity index (χ1v) is 12.4. The topological polar surface area (TPSA) is 248 Å². The molecule has 0 amide bonds. The molecule has 0 saturated carbocycles. The second-order valence-corrected chi connectivity index (χ2v) is 10.3. The fourth-order valence-electron chi connectivity index (χ4n) is 2.40. The molecule has 2 fully saturated rings. The van der Waals surface area contributed by atoms with Gasteiger partial charge in [0.15, 0.2) is 0 Å². The number of phosphoric acid groups is 3. The van der Waals surface area contributed by atoms with Gasteiger partial charge in [-0.3, -0.25) is 13.6 Å². The second-order valence-electron chi connectivity index (χ2n) is 6.04. The van der Waals surface area contributed by atoms with Crippen LogP contribution in [0.4, 0.5) is 0 Å². The van der Waals surface area contributed by atoms with Gasteiger partial charge in [0.2, 0.25) is 0 Å². The molecular weight excluding hydrogens is 469 g/mol. The summed E-state index contributed by atoms with van der Waals surface area (Å²) < 4.78 is 61.3. The van der Waals surface area contributed by atoms with E-state index in [4.69, 9.17) is 19.3 Å². The second kappa shape index (κ2) is 9.76. The summed E-state index contributed by atoms with van der Waals surface area (Å²) in [6.07, 6.45) is -8.27. The molecular formula is C10H21O16P3. The molecule has 0 aliphatic carbocycles. The van der Waals surface area contributed by atoms with Crippen LogP contribution in [-0.4, -0.2) is 97.9 Å². The van der Waals surface area contributed by atoms with Crippen molar-refractivity contribution >= 4 is 23.5 Å². The maximum atomic E-state index is 11.8. The molecule has 2 aliphatic heterocycles. The van der Waals surface area contributed by atoms with Gasteiger partial charge in [0.25, 0.3) is 0 Å². The molecule has 0 radical (unpaired) electrons. The number of aliphatic hydroxyl groups excluding tert-OH is 3. The van der Waals surface area contributed by atoms with Crippen LogP contribution in [0, 0.1) is 0 Å². The highest BCUT2D eigenvalue weighted by Gasteiger charge is 2.43. The summed E-state index contributed by atoms with van der Waals surface area (Å²) in [6, 6.07) is 0. The first kappa shape index (κ1) is 25.4. The summed E-state index contributed by atoms with van der Waals surface area (Å²) in [7, 11) is -15.3. The normalized spacial score (nSPS) is 37.3. The third-order valence-corrected chi connectivity index (χ3v) is 6.92. The van der Waals surface area contributed by atoms with E-state index in [2.05, 4.69) is 17.9 Å². The SMILES string of the molecule is O=P(O)(O)O[C@H]1CO[C@H](COP(=O)(O)OP(=O)(O)OC[C@H]2OC[C@H](O)[C@@H]2O)[C@H]1O. The van der Waals surface area contributed by atoms with Gasteiger partial charge < -0.3 is 44.4 Å². The molecule has 0 bridgehead atoms. The van der Waals surface area contributed by atoms with Crippen molar-refractivity contribution in [2.45, 2.75) is 36.6 Å². The minimum absolute atomic E-state index is 0.246. The molecule has 2 heterocycles. The monoisotopic (exact) mass is 490 g/mol. The number of ether oxygens (including phenoxy) is 2. The average Bonchev–Trinajstić information content (AvgIpc) is 3.05. The lowest BCUT2D eigenvalue weighted by molar-refractivity contribution is -0.0112. The van der Waals surface area contributed by atoms with E-state index in [1.54, 1.807) is 0 Å². The third-order valence-electron chi connectivity index (χ3n) is 3.78. The molecule has 19 heteroatoms. The summed E-state index contributed by atoms with van der Waals surface area (Å²) in [5, 5.41) is 28.6. The van der Waals surface area contributed by atoms with Crippen molar-refractivity contribution in [2.24, 2.45) is 0 Å². The fourth-order valence-corrected chi connectivity index (χ4v) is 5.03. The molecule has 16 nitrogen and oxygen atoms in total. The Labute approximate surface area is 163 Å². The summed E-state index contributed by atoms with van der Waals surface area (Å²) in [6.45, 7) is -2.33. The maximum absolute atomic E-state index is 11.8. The third kappa shape index (κ3) is 7.98. The highest BCUT2D eigenvalue weighted by Crippen LogP contribution is 2.60. The minimum Gasteiger partial charge on any atom is -0.388 e. The van der Waals surface area contributed by atoms with Crippen LogP contribution >= 0.6 is 23.5 Å². The molecule has 2 saturated heterocycles. The van der Waals surface area contributed by atoms with Crippen LogP contribution in [0.1, 0.15) is 0 Å². The first-order chi connectivity index (χ1) is 13.2. The van der Waals surface area contributed by atoms with Gasteiger partial charge in [-0.15, -0.1) is 0 Å². The zero-order valence-electron chi connectivity index (χ0n) is 14.4. The van der Waals surface area contributed by atoms with E-state index in [1.165, 1.54) is 0 Å². The largest absolute Gasteiger partial charge is 0.481 e. The number of hydrogen-bond acceptors (Lipinski definition) is 12. The highest BCUT2D eigenvalue weighted by molar-refractivity contribution is 7.61. The van der Waals surface area contributed by atoms with Crippen LogP contribution < -0.4 is 0 Å². The Bertz CT molecular complexity index is 694. The van der Waals surface area contributed by atoms with Gasteiger partial charge in [0.1, 0.15) is 36.6 Å². The number of aliphatic hydroxyl groups is 3. The van der Waals surface area contributed by atoms with Crippen LogP contribution in [0.25, 0.3) is 0 Å². The van der Waals surface area contributed by atoms with Crippen molar-refractivity contribution in [3.63, 3.8) is 0 Å². The van der Waals surface area contributed by atoms with Gasteiger partial charge >= 0.3 is 23.5 Å². The van der Waals surface area contributed by atoms with E-state index < -0.39 is 79.9 Å². The van der Waals surface area contributed by atoms with Crippen LogP contribution in [0.3, 0.4) is 0 Å². The van der Waals surface area contributed by atoms with Crippen molar-refractivity contribution < 1.29 is 75.9 Å². The summed E-state index contributed by atoms with van der Waals surface area (Å²) >= 11 is 0. The minimum atomic E-state index is -5.22. The summed E-state index contributed by atoms with van der Waals surface area (Å²) in [5.41, 5.74) is 0. The lowest BCUT2D eigenvalue weighted by Crippen LogP contribution is -2.34. The van der Waals surface area contributed by atoms with E-state index >= 15 is 0 Å². The Morgan fingerprint density at radius 1 is 0.793 bits per heavy atom. The van der Waals surface area contributed by atoms with Gasteiger partial charge in [0.05, 0.1) is 26.4 Å². The van der Waals surface area contributed by atoms with E-state index in [1.807, 2.05) is 0 Å². The number of hydrogen-bond donors (Lipinski definition) is 7. The van der Waals surface area contributed by atoms with E-state index in [0.717, 1.165) is 0 Å². The summed E-state index contributed by atoms with van der Waals surface area (Å²) in [4.78, 5) is 36.4. The fraction of sp³-hybridized carbons (Fsp3) is 1.00. The molecule has 2 unspecified atom stereocenters. The van der Waals surface area contributed by atoms with Crippen molar-refractivity contribution in [1.29, 1.82) is 0 Å². The first-order valence-electron chi connectivity index (χ1n) is 7.86. The predicted octanol–water partition coefficient (Wildman–Crippen LogP) is -2.40. The zero-order chi connectivity index (χ0) is 22.0. The maximum Gasteiger partial charge on any atom is 0.481 e. The number of phosphoric ester groups is 3. The molecule has 8 atom stereocenters. The van der Waals surface area contributed by atoms with Crippen LogP contribution in [-0.2, 0) is 41.1 Å². The molecule has 172 valence electrons. The average molecular weight is 490 g/mol. The lowest BCUT2D eigenvalue weighted by Gasteiger charge is -2.21. The molecule has 0 aromatic heterocycles. The van der Waals surface area contributed by atoms with Gasteiger partial charge in [-0.2, -0.15) is 4.31 Å². The van der Waals surface area contributed by atoms with Crippen molar-refractivity contribution in [2.75, 3.05) is 26.4 Å². The predicted molar refractivity (Wildman–Crippen MR) is 87.1 cm³/mol. The molecule has 0 spiro atoms. The Hall–Kier alpha value is 0.170. The zero-order valence-corrected chi connectivity index (χ0v) is 17.1. The highest BCUT2D eigenvalue weighted by atomic mass is 31.3. The van der Waals surface area contributed by atoms with E-state index in [9.17, 15) is 38.8 Å². The van der Waals surface area contributed by atoms with Gasteiger partial charge in [0, 0.05) is 0 Å². The molecule has 0 aromatic rings. The standard InChI is InChI=1S/C10H21O16P3/c11-5-1-21-6(9(5)12)3-23-28(17,18)26-29(19,20)24-4-7-10(13)8(2-22-7)25-27(14,15)16/h5-13H,1-4H2,(H,17,18)(H,19,20)(H2,14,15,16)/t5-,6+,7+,8-,9-,10+/m0/s1. The van der Waals surface area contributed by atoms with E-state index in [0.29, 0.717) is 0 Å². The Kier molecular flexibility index (Phi) is 8.55. The summed E-state index contributed by atoms with van der Waals surface area (Å²) in [5.74, 6) is 0. The molecule has 2 aliphatic rings. The van der Waals surface area contributed by atoms with Gasteiger partial charge in [-0.05, 0) is 0 Å². The molecule has 29 heavy (non-hydrogen) atoms. The van der Waals surface area contributed by atoms with Crippen LogP contribution in [0.2, 0.25) is 0 Å². The molecule has 7 N–H and O–H groups in total. The van der Waals surface area contributed by atoms with Crippen LogP contribution in [0.15, 0.2) is 0 Å². The van der Waals surface area contributed by atoms with Crippen molar-refractivity contribution in [1.82, 2.24) is 0 Å². The van der Waals surface area contributed by atoms with Gasteiger partial charge in [-0.1, -0.05) is 0 Å². The van der Waals surface area contributed by atoms with Crippen LogP contribution in [0.5, 0.6) is 0 Å². The Balaban J connectivity index is 1.81. The number of rotatable bonds is 10. The molecule has 2 rings (SSSR count). The van der Waals surface area contributed by atoms with E-state index in [-0.39, 0.29) is 6.61 Å². The smallest absolute Gasteiger partial charge is 0.388 e. The van der Waals surface area contributed by atoms with Crippen molar-refractivity contribution in [3.8, 4) is 0 Å². The Morgan fingerprint density at radius 3 is 1.72 bits per heavy atom. The van der Waals surface area contributed by atoms with Gasteiger partial charge in [-0.25, -0.2) is 13.7 Å².